The van der Waals surface area contributed by atoms with E-state index in [-0.39, 0.29) is 11.8 Å². The summed E-state index contributed by atoms with van der Waals surface area (Å²) in [6, 6.07) is 4.87. The molecule has 2 rings (SSSR count). The Labute approximate surface area is 158 Å². The lowest BCUT2D eigenvalue weighted by Gasteiger charge is -2.20. The van der Waals surface area contributed by atoms with Crippen molar-refractivity contribution in [2.24, 2.45) is 5.92 Å². The first-order valence-electron chi connectivity index (χ1n) is 8.32. The summed E-state index contributed by atoms with van der Waals surface area (Å²) in [5, 5.41) is 3.85. The van der Waals surface area contributed by atoms with Gasteiger partial charge in [-0.3, -0.25) is 20.4 Å². The molecule has 0 saturated carbocycles. The van der Waals surface area contributed by atoms with E-state index in [1.165, 1.54) is 0 Å². The van der Waals surface area contributed by atoms with Gasteiger partial charge in [-0.15, -0.1) is 0 Å². The number of rotatable bonds is 5. The molecule has 0 spiro atoms. The number of hydrogen-bond acceptors (Lipinski definition) is 3. The van der Waals surface area contributed by atoms with Crippen molar-refractivity contribution in [3.63, 3.8) is 0 Å². The van der Waals surface area contributed by atoms with Crippen LogP contribution in [0.4, 0.5) is 5.69 Å². The molecule has 1 aliphatic heterocycles. The third-order valence-electron chi connectivity index (χ3n) is 3.87. The first kappa shape index (κ1) is 19.5. The molecule has 0 radical (unpaired) electrons. The summed E-state index contributed by atoms with van der Waals surface area (Å²) in [6.45, 7) is 5.57. The maximum Gasteiger partial charge on any atom is 0.271 e. The van der Waals surface area contributed by atoms with Gasteiger partial charge in [-0.05, 0) is 49.2 Å². The zero-order chi connectivity index (χ0) is 18.4. The normalized spacial score (nSPS) is 13.9. The van der Waals surface area contributed by atoms with Crippen molar-refractivity contribution < 1.29 is 9.59 Å². The number of halogens is 1. The van der Waals surface area contributed by atoms with Gasteiger partial charge in [0.1, 0.15) is 0 Å². The van der Waals surface area contributed by atoms with Crippen molar-refractivity contribution >= 4 is 46.4 Å². The zero-order valence-corrected chi connectivity index (χ0v) is 16.0. The summed E-state index contributed by atoms with van der Waals surface area (Å²) in [5.41, 5.74) is 6.14. The second-order valence-electron chi connectivity index (χ2n) is 6.33. The number of nitrogens with one attached hydrogen (secondary N) is 3. The minimum Gasteiger partial charge on any atom is -0.361 e. The summed E-state index contributed by atoms with van der Waals surface area (Å²) in [5.74, 6) is 0.189. The summed E-state index contributed by atoms with van der Waals surface area (Å²) in [7, 11) is 0. The highest BCUT2D eigenvalue weighted by Crippen LogP contribution is 2.28. The second kappa shape index (κ2) is 9.01. The van der Waals surface area contributed by atoms with Crippen LogP contribution in [-0.4, -0.2) is 30.0 Å². The fraction of sp³-hybridized carbons (Fsp3) is 0.471. The SMILES string of the molecule is CC(C)CCNC(=S)NNC(=O)c1ccc(Cl)cc1N1CCCC1=O. The first-order valence-corrected chi connectivity index (χ1v) is 9.11. The van der Waals surface area contributed by atoms with Crippen LogP contribution in [0.1, 0.15) is 43.5 Å². The Morgan fingerprint density at radius 3 is 2.76 bits per heavy atom. The number of hydrazine groups is 1. The summed E-state index contributed by atoms with van der Waals surface area (Å²) >= 11 is 11.2. The number of thiocarbonyl (C=S) groups is 1. The third kappa shape index (κ3) is 5.57. The molecule has 1 fully saturated rings. The largest absolute Gasteiger partial charge is 0.361 e. The van der Waals surface area contributed by atoms with E-state index >= 15 is 0 Å². The van der Waals surface area contributed by atoms with Crippen LogP contribution in [0.3, 0.4) is 0 Å². The van der Waals surface area contributed by atoms with Gasteiger partial charge < -0.3 is 10.2 Å². The van der Waals surface area contributed by atoms with E-state index in [0.29, 0.717) is 40.3 Å². The molecule has 0 atom stereocenters. The molecular weight excluding hydrogens is 360 g/mol. The molecule has 1 aliphatic rings. The molecule has 1 aromatic carbocycles. The van der Waals surface area contributed by atoms with Gasteiger partial charge in [-0.2, -0.15) is 0 Å². The maximum atomic E-state index is 12.5. The lowest BCUT2D eigenvalue weighted by atomic mass is 10.1. The van der Waals surface area contributed by atoms with Gasteiger partial charge in [0.25, 0.3) is 5.91 Å². The highest BCUT2D eigenvalue weighted by Gasteiger charge is 2.26. The summed E-state index contributed by atoms with van der Waals surface area (Å²) in [4.78, 5) is 26.1. The highest BCUT2D eigenvalue weighted by atomic mass is 35.5. The van der Waals surface area contributed by atoms with Gasteiger partial charge in [0.15, 0.2) is 5.11 Å². The third-order valence-corrected chi connectivity index (χ3v) is 4.35. The van der Waals surface area contributed by atoms with Gasteiger partial charge in [-0.25, -0.2) is 0 Å². The fourth-order valence-corrected chi connectivity index (χ4v) is 2.84. The van der Waals surface area contributed by atoms with Crippen molar-refractivity contribution in [1.29, 1.82) is 0 Å². The number of hydrogen-bond donors (Lipinski definition) is 3. The van der Waals surface area contributed by atoms with Crippen molar-refractivity contribution in [3.8, 4) is 0 Å². The highest BCUT2D eigenvalue weighted by molar-refractivity contribution is 7.80. The van der Waals surface area contributed by atoms with Crippen LogP contribution in [0.5, 0.6) is 0 Å². The Bertz CT molecular complexity index is 666. The molecule has 8 heteroatoms. The molecule has 1 aromatic rings. The molecule has 0 aromatic heterocycles. The fourth-order valence-electron chi connectivity index (χ4n) is 2.52. The average Bonchev–Trinajstić information content (AvgIpc) is 2.98. The standard InChI is InChI=1S/C17H23ClN4O2S/c1-11(2)7-8-19-17(25)21-20-16(24)13-6-5-12(18)10-14(13)22-9-3-4-15(22)23/h5-6,10-11H,3-4,7-9H2,1-2H3,(H,20,24)(H2,19,21,25). The number of benzene rings is 1. The van der Waals surface area contributed by atoms with Crippen LogP contribution in [0.2, 0.25) is 5.02 Å². The monoisotopic (exact) mass is 382 g/mol. The smallest absolute Gasteiger partial charge is 0.271 e. The van der Waals surface area contributed by atoms with E-state index in [1.54, 1.807) is 23.1 Å². The molecule has 0 bridgehead atoms. The van der Waals surface area contributed by atoms with Crippen molar-refractivity contribution in [3.05, 3.63) is 28.8 Å². The Morgan fingerprint density at radius 2 is 2.12 bits per heavy atom. The molecule has 136 valence electrons. The van der Waals surface area contributed by atoms with Gasteiger partial charge in [0.2, 0.25) is 5.91 Å². The van der Waals surface area contributed by atoms with Gasteiger partial charge >= 0.3 is 0 Å². The maximum absolute atomic E-state index is 12.5. The summed E-state index contributed by atoms with van der Waals surface area (Å²) < 4.78 is 0. The number of nitrogens with zero attached hydrogens (tertiary/aromatic N) is 1. The minimum absolute atomic E-state index is 0.00449. The minimum atomic E-state index is -0.376. The second-order valence-corrected chi connectivity index (χ2v) is 7.17. The Hall–Kier alpha value is -1.86. The van der Waals surface area contributed by atoms with E-state index in [4.69, 9.17) is 23.8 Å². The van der Waals surface area contributed by atoms with E-state index in [2.05, 4.69) is 30.0 Å². The molecule has 0 aliphatic carbocycles. The van der Waals surface area contributed by atoms with Gasteiger partial charge in [0, 0.05) is 24.5 Å². The van der Waals surface area contributed by atoms with Crippen LogP contribution in [0.15, 0.2) is 18.2 Å². The van der Waals surface area contributed by atoms with Crippen molar-refractivity contribution in [1.82, 2.24) is 16.2 Å². The zero-order valence-electron chi connectivity index (χ0n) is 14.4. The Morgan fingerprint density at radius 1 is 1.36 bits per heavy atom. The van der Waals surface area contributed by atoms with Gasteiger partial charge in [0.05, 0.1) is 11.3 Å². The average molecular weight is 383 g/mol. The van der Waals surface area contributed by atoms with Crippen LogP contribution in [-0.2, 0) is 4.79 Å². The first-order chi connectivity index (χ1) is 11.9. The number of carbonyl (C=O) groups is 2. The molecule has 1 heterocycles. The van der Waals surface area contributed by atoms with Crippen molar-refractivity contribution in [2.75, 3.05) is 18.0 Å². The topological polar surface area (TPSA) is 73.5 Å². The predicted octanol–water partition coefficient (Wildman–Crippen LogP) is 2.62. The number of amides is 2. The Kier molecular flexibility index (Phi) is 7.01. The quantitative estimate of drug-likeness (QED) is 0.539. The van der Waals surface area contributed by atoms with E-state index in [9.17, 15) is 9.59 Å². The lowest BCUT2D eigenvalue weighted by Crippen LogP contribution is -2.47. The Balaban J connectivity index is 1.99. The van der Waals surface area contributed by atoms with Crippen LogP contribution in [0.25, 0.3) is 0 Å². The molecule has 3 N–H and O–H groups in total. The van der Waals surface area contributed by atoms with E-state index in [0.717, 1.165) is 19.4 Å². The molecule has 0 unspecified atom stereocenters. The van der Waals surface area contributed by atoms with Crippen LogP contribution in [0, 0.1) is 5.92 Å². The summed E-state index contributed by atoms with van der Waals surface area (Å²) in [6.07, 6.45) is 2.23. The van der Waals surface area contributed by atoms with Gasteiger partial charge in [-0.1, -0.05) is 25.4 Å². The van der Waals surface area contributed by atoms with Crippen LogP contribution < -0.4 is 21.1 Å². The number of carbonyl (C=O) groups excluding carboxylic acids is 2. The molecule has 2 amide bonds. The molecule has 1 saturated heterocycles. The lowest BCUT2D eigenvalue weighted by molar-refractivity contribution is -0.117. The molecular formula is C17H23ClN4O2S. The molecule has 25 heavy (non-hydrogen) atoms. The van der Waals surface area contributed by atoms with E-state index in [1.807, 2.05) is 0 Å². The molecule has 6 nitrogen and oxygen atoms in total. The van der Waals surface area contributed by atoms with Crippen molar-refractivity contribution in [2.45, 2.75) is 33.1 Å². The van der Waals surface area contributed by atoms with E-state index < -0.39 is 0 Å². The predicted molar refractivity (Wildman–Crippen MR) is 104 cm³/mol. The number of anilines is 1. The van der Waals surface area contributed by atoms with Crippen LogP contribution >= 0.6 is 23.8 Å².